The average Bonchev–Trinajstić information content (AvgIpc) is 1.65. The van der Waals surface area contributed by atoms with Gasteiger partial charge in [0.2, 0.25) is 0 Å². The first-order chi connectivity index (χ1) is 45.9. The van der Waals surface area contributed by atoms with Gasteiger partial charge < -0.3 is 24.8 Å². The smallest absolute Gasteiger partial charge is 0.138 e. The molecule has 0 spiro atoms. The second-order valence-corrected chi connectivity index (χ2v) is 41.0. The molecule has 3 N–H and O–H groups in total. The first-order valence-corrected chi connectivity index (χ1v) is 43.8. The number of nitrogens with zero attached hydrogens (tertiary/aromatic N) is 11. The fraction of sp³-hybridized carbons (Fsp3) is 0.392. The maximum absolute atomic E-state index is 5.55. The predicted molar refractivity (Wildman–Crippen MR) is 386 cm³/mol. The molecule has 14 rings (SSSR count). The number of ether oxygens (including phenoxy) is 5. The molecular weight excluding hydrogens is 1360 g/mol. The van der Waals surface area contributed by atoms with Gasteiger partial charge in [-0.1, -0.05) is 12.1 Å². The van der Waals surface area contributed by atoms with Gasteiger partial charge in [-0.05, 0) is 165 Å². The fourth-order valence-corrected chi connectivity index (χ4v) is 16.7. The monoisotopic (exact) mass is 1450 g/mol. The number of nitrogens with one attached hydrogen (secondary N) is 3. The number of methoxy groups -OCH3 is 2. The number of aryl methyl sites for hydroxylation is 6. The standard InChI is InChI=1S/C26H29N5O2.C20H23N4O2.C19H22N4O.C6H6BrN.3CH3.Sn/c1-17-8-11-27-22(14-17)25-24-23(31(30-25)16-19-4-6-21(32-3)7-5-19)15-18(2)28-26(24)29-20-9-12-33-13-10-20;1-14-11-19-18(20(22-14)23-16-7-9-26-10-8-16)12-21-24(19)13-15-3-5-17(25-2)6-4-15;1-12-3-6-20-16(9-12)18-17-14(11-21-18)10-13(2)22-19(17)23-15-4-7-24-8-5-15;1-5-2-3-8-6(7)4-5;;;;/h4-8,11,14-15,20H,9-10,12-13,16H2,1-3H3,(H,28,29);3-6,11,16H,7-10,13H2,1-2H3,(H,22,23);3,6,9-10,15H,4-5,7-8,11H2,1-2H3,(H,22,23);2-4H,1H3;3*1H3;. The Balaban J connectivity index is 0.000000138. The van der Waals surface area contributed by atoms with Crippen molar-refractivity contribution in [2.24, 2.45) is 4.99 Å². The first kappa shape index (κ1) is 68.5. The third-order valence-electron chi connectivity index (χ3n) is 17.2. The van der Waals surface area contributed by atoms with E-state index >= 15 is 0 Å². The summed E-state index contributed by atoms with van der Waals surface area (Å²) in [6, 6.07) is 36.1. The van der Waals surface area contributed by atoms with Gasteiger partial charge in [0.15, 0.2) is 0 Å². The average molecular weight is 1450 g/mol. The summed E-state index contributed by atoms with van der Waals surface area (Å²) in [6.45, 7) is 19.2. The minimum absolute atomic E-state index is 0.333. The largest absolute Gasteiger partial charge is 0.497 e. The van der Waals surface area contributed by atoms with E-state index in [4.69, 9.17) is 53.8 Å². The number of anilines is 3. The molecule has 3 fully saturated rings. The van der Waals surface area contributed by atoms with Crippen LogP contribution in [0.1, 0.15) is 100 Å². The van der Waals surface area contributed by atoms with Crippen LogP contribution in [0.15, 0.2) is 131 Å². The molecule has 0 amide bonds. The van der Waals surface area contributed by atoms with Crippen LogP contribution in [-0.4, -0.2) is 146 Å². The van der Waals surface area contributed by atoms with Crippen molar-refractivity contribution in [3.63, 3.8) is 0 Å². The zero-order valence-corrected chi connectivity index (χ0v) is 61.2. The van der Waals surface area contributed by atoms with Crippen LogP contribution in [0.2, 0.25) is 14.8 Å². The van der Waals surface area contributed by atoms with Gasteiger partial charge in [-0.3, -0.25) is 19.6 Å². The Kier molecular flexibility index (Phi) is 22.9. The van der Waals surface area contributed by atoms with Crippen LogP contribution in [0, 0.1) is 41.5 Å². The van der Waals surface area contributed by atoms with E-state index in [-0.39, 0.29) is 0 Å². The summed E-state index contributed by atoms with van der Waals surface area (Å²) in [4.78, 5) is 39.8. The molecule has 0 radical (unpaired) electrons. The Morgan fingerprint density at radius 3 is 1.41 bits per heavy atom. The van der Waals surface area contributed by atoms with Crippen molar-refractivity contribution in [2.45, 2.75) is 133 Å². The summed E-state index contributed by atoms with van der Waals surface area (Å²) in [6.07, 6.45) is 11.5. The third kappa shape index (κ3) is 17.8. The maximum atomic E-state index is 5.55. The summed E-state index contributed by atoms with van der Waals surface area (Å²) >= 11 is 0.757. The predicted octanol–water partition coefficient (Wildman–Crippen LogP) is 13.9. The van der Waals surface area contributed by atoms with E-state index in [1.54, 1.807) is 20.4 Å². The molecule has 0 unspecified atom stereocenters. The Morgan fingerprint density at radius 2 is 0.937 bits per heavy atom. The van der Waals surface area contributed by atoms with E-state index in [0.29, 0.717) is 31.2 Å². The Labute approximate surface area is 570 Å². The van der Waals surface area contributed by atoms with E-state index in [2.05, 4.69) is 146 Å². The van der Waals surface area contributed by atoms with Crippen molar-refractivity contribution in [2.75, 3.05) is 69.8 Å². The van der Waals surface area contributed by atoms with Gasteiger partial charge in [0, 0.05) is 74.1 Å². The molecule has 10 aromatic rings. The second-order valence-electron chi connectivity index (χ2n) is 26.0. The Bertz CT molecular complexity index is 4250. The minimum Gasteiger partial charge on any atom is -0.497 e. The number of fused-ring (bicyclic) bond motifs is 3. The molecule has 0 aliphatic carbocycles. The summed E-state index contributed by atoms with van der Waals surface area (Å²) < 4.78 is 33.6. The molecule has 0 saturated carbocycles. The van der Waals surface area contributed by atoms with Crippen molar-refractivity contribution in [1.29, 1.82) is 0 Å². The molecule has 4 aliphatic heterocycles. The fourth-order valence-electron chi connectivity index (χ4n) is 12.2. The molecule has 0 bridgehead atoms. The Hall–Kier alpha value is -7.89. The second kappa shape index (κ2) is 31.8. The molecule has 496 valence electrons. The topological polar surface area (TPSA) is 208 Å². The van der Waals surface area contributed by atoms with Crippen molar-refractivity contribution in [3.8, 4) is 22.9 Å². The van der Waals surface area contributed by atoms with Gasteiger partial charge in [0.25, 0.3) is 0 Å². The summed E-state index contributed by atoms with van der Waals surface area (Å²) in [5, 5.41) is 23.5. The quantitative estimate of drug-likeness (QED) is 0.0644. The number of pyridine rings is 6. The van der Waals surface area contributed by atoms with E-state index in [0.717, 1.165) is 186 Å². The van der Waals surface area contributed by atoms with E-state index in [1.807, 2.05) is 81.7 Å². The van der Waals surface area contributed by atoms with Crippen molar-refractivity contribution in [1.82, 2.24) is 49.5 Å². The van der Waals surface area contributed by atoms with E-state index in [9.17, 15) is 0 Å². The number of benzene rings is 2. The minimum atomic E-state index is -2.49. The molecule has 8 aromatic heterocycles. The molecule has 19 nitrogen and oxygen atoms in total. The van der Waals surface area contributed by atoms with Crippen LogP contribution >= 0.6 is 15.9 Å². The van der Waals surface area contributed by atoms with Gasteiger partial charge in [0.1, 0.15) is 27.7 Å². The first-order valence-electron chi connectivity index (χ1n) is 33.0. The molecule has 95 heavy (non-hydrogen) atoms. The SMILES string of the molecule is COc1ccc(Cn2n[c]([Sn]([CH3])([CH3])[CH3])c3c(NC4CCOCC4)nc(C)cc32)cc1.COc1ccc(Cn2nc(-c3cc(C)ccn3)c3c(NC4CCOCC4)nc(C)cc32)cc1.Cc1ccnc(Br)c1.Cc1ccnc(C2=NCc3cc(C)nc(NC4CCOCC4)c32)c1. The van der Waals surface area contributed by atoms with Crippen LogP contribution in [0.5, 0.6) is 11.5 Å². The van der Waals surface area contributed by atoms with Crippen molar-refractivity contribution >= 4 is 83.0 Å². The molecule has 12 heterocycles. The van der Waals surface area contributed by atoms with Crippen molar-refractivity contribution < 1.29 is 23.7 Å². The molecule has 2 aromatic carbocycles. The van der Waals surface area contributed by atoms with Gasteiger partial charge in [-0.25, -0.2) is 15.0 Å². The number of hydrogen-bond acceptors (Lipinski definition) is 17. The number of aliphatic imine (C=N–C) groups is 1. The van der Waals surface area contributed by atoms with Gasteiger partial charge in [0.05, 0.1) is 48.2 Å². The number of halogens is 1. The Morgan fingerprint density at radius 1 is 0.505 bits per heavy atom. The van der Waals surface area contributed by atoms with Crippen molar-refractivity contribution in [3.05, 3.63) is 188 Å². The molecule has 0 atom stereocenters. The molecule has 21 heteroatoms. The van der Waals surface area contributed by atoms with Crippen LogP contribution in [0.25, 0.3) is 33.2 Å². The van der Waals surface area contributed by atoms with Gasteiger partial charge in [-0.15, -0.1) is 0 Å². The van der Waals surface area contributed by atoms with Gasteiger partial charge >= 0.3 is 183 Å². The zero-order valence-electron chi connectivity index (χ0n) is 56.7. The van der Waals surface area contributed by atoms with Crippen LogP contribution in [0.3, 0.4) is 0 Å². The number of hydrogen-bond donors (Lipinski definition) is 3. The molecule has 4 aliphatic rings. The summed E-state index contributed by atoms with van der Waals surface area (Å²) in [7, 11) is 3.38. The summed E-state index contributed by atoms with van der Waals surface area (Å²) in [5.74, 6) is 4.53. The summed E-state index contributed by atoms with van der Waals surface area (Å²) in [5.41, 5.74) is 17.1. The third-order valence-corrected chi connectivity index (χ3v) is 22.7. The maximum Gasteiger partial charge on any atom is 0.138 e. The number of rotatable bonds is 15. The van der Waals surface area contributed by atoms with E-state index in [1.165, 1.54) is 36.9 Å². The molecule has 3 saturated heterocycles. The van der Waals surface area contributed by atoms with E-state index < -0.39 is 18.4 Å². The van der Waals surface area contributed by atoms with Crippen LogP contribution in [0.4, 0.5) is 17.5 Å². The number of aromatic nitrogens is 10. The van der Waals surface area contributed by atoms with Crippen LogP contribution in [-0.2, 0) is 33.8 Å². The van der Waals surface area contributed by atoms with Gasteiger partial charge in [-0.2, -0.15) is 5.10 Å². The zero-order chi connectivity index (χ0) is 66.6. The normalized spacial score (nSPS) is 15.1. The van der Waals surface area contributed by atoms with Crippen LogP contribution < -0.4 is 29.1 Å². The molecular formula is C74H89BrN14O5Sn.